The SMILES string of the molecule is Oc1cccc(Oc2cccnn2)c1. The van der Waals surface area contributed by atoms with Gasteiger partial charge in [0.2, 0.25) is 5.88 Å². The lowest BCUT2D eigenvalue weighted by Crippen LogP contribution is -1.88. The third-order valence-electron chi connectivity index (χ3n) is 1.59. The second-order valence-corrected chi connectivity index (χ2v) is 2.66. The van der Waals surface area contributed by atoms with Gasteiger partial charge in [-0.05, 0) is 18.2 Å². The van der Waals surface area contributed by atoms with E-state index in [2.05, 4.69) is 10.2 Å². The molecule has 1 heterocycles. The zero-order valence-electron chi connectivity index (χ0n) is 7.29. The summed E-state index contributed by atoms with van der Waals surface area (Å²) in [5.41, 5.74) is 0. The molecule has 2 aromatic rings. The first-order chi connectivity index (χ1) is 6.84. The second kappa shape index (κ2) is 3.74. The summed E-state index contributed by atoms with van der Waals surface area (Å²) in [7, 11) is 0. The van der Waals surface area contributed by atoms with Crippen LogP contribution in [-0.2, 0) is 0 Å². The molecule has 0 saturated heterocycles. The second-order valence-electron chi connectivity index (χ2n) is 2.66. The van der Waals surface area contributed by atoms with Gasteiger partial charge >= 0.3 is 0 Å². The zero-order chi connectivity index (χ0) is 9.80. The topological polar surface area (TPSA) is 55.2 Å². The van der Waals surface area contributed by atoms with Gasteiger partial charge in [0.1, 0.15) is 11.5 Å². The molecule has 0 bridgehead atoms. The van der Waals surface area contributed by atoms with E-state index in [0.717, 1.165) is 0 Å². The highest BCUT2D eigenvalue weighted by molar-refractivity contribution is 5.33. The maximum absolute atomic E-state index is 9.18. The van der Waals surface area contributed by atoms with Gasteiger partial charge in [-0.25, -0.2) is 0 Å². The van der Waals surface area contributed by atoms with E-state index in [9.17, 15) is 5.11 Å². The monoisotopic (exact) mass is 188 g/mol. The van der Waals surface area contributed by atoms with Crippen molar-refractivity contribution < 1.29 is 9.84 Å². The summed E-state index contributed by atoms with van der Waals surface area (Å²) in [6, 6.07) is 9.93. The highest BCUT2D eigenvalue weighted by atomic mass is 16.5. The molecule has 14 heavy (non-hydrogen) atoms. The van der Waals surface area contributed by atoms with Gasteiger partial charge in [0, 0.05) is 18.3 Å². The zero-order valence-corrected chi connectivity index (χ0v) is 7.29. The minimum Gasteiger partial charge on any atom is -0.508 e. The average molecular weight is 188 g/mol. The van der Waals surface area contributed by atoms with E-state index in [-0.39, 0.29) is 5.75 Å². The number of hydrogen-bond acceptors (Lipinski definition) is 4. The Morgan fingerprint density at radius 1 is 1.14 bits per heavy atom. The molecule has 70 valence electrons. The number of nitrogens with zero attached hydrogens (tertiary/aromatic N) is 2. The van der Waals surface area contributed by atoms with E-state index in [1.807, 2.05) is 0 Å². The van der Waals surface area contributed by atoms with Crippen LogP contribution < -0.4 is 4.74 Å². The fourth-order valence-electron chi connectivity index (χ4n) is 1.01. The molecular formula is C10H8N2O2. The van der Waals surface area contributed by atoms with Crippen molar-refractivity contribution in [1.29, 1.82) is 0 Å². The van der Waals surface area contributed by atoms with Gasteiger partial charge in [-0.1, -0.05) is 6.07 Å². The Morgan fingerprint density at radius 3 is 2.79 bits per heavy atom. The first-order valence-corrected chi connectivity index (χ1v) is 4.09. The van der Waals surface area contributed by atoms with Crippen LogP contribution in [0.3, 0.4) is 0 Å². The maximum atomic E-state index is 9.18. The summed E-state index contributed by atoms with van der Waals surface area (Å²) in [5, 5.41) is 16.6. The smallest absolute Gasteiger partial charge is 0.238 e. The molecule has 4 nitrogen and oxygen atoms in total. The minimum atomic E-state index is 0.159. The molecule has 1 N–H and O–H groups in total. The molecule has 0 fully saturated rings. The number of hydrogen-bond donors (Lipinski definition) is 1. The van der Waals surface area contributed by atoms with E-state index >= 15 is 0 Å². The summed E-state index contributed by atoms with van der Waals surface area (Å²) < 4.78 is 5.33. The van der Waals surface area contributed by atoms with Crippen LogP contribution in [0, 0.1) is 0 Å². The summed E-state index contributed by atoms with van der Waals surface area (Å²) in [6.45, 7) is 0. The van der Waals surface area contributed by atoms with Gasteiger partial charge in [0.15, 0.2) is 0 Å². The molecule has 0 atom stereocenters. The van der Waals surface area contributed by atoms with Crippen LogP contribution in [0.15, 0.2) is 42.6 Å². The van der Waals surface area contributed by atoms with Gasteiger partial charge in [-0.2, -0.15) is 5.10 Å². The van der Waals surface area contributed by atoms with E-state index in [0.29, 0.717) is 11.6 Å². The number of phenols is 1. The lowest BCUT2D eigenvalue weighted by molar-refractivity contribution is 0.441. The molecule has 0 spiro atoms. The molecule has 0 aliphatic carbocycles. The lowest BCUT2D eigenvalue weighted by atomic mass is 10.3. The summed E-state index contributed by atoms with van der Waals surface area (Å²) in [5.74, 6) is 1.09. The summed E-state index contributed by atoms with van der Waals surface area (Å²) in [4.78, 5) is 0. The largest absolute Gasteiger partial charge is 0.508 e. The number of ether oxygens (including phenoxy) is 1. The average Bonchev–Trinajstić information content (AvgIpc) is 2.19. The van der Waals surface area contributed by atoms with Crippen molar-refractivity contribution in [2.45, 2.75) is 0 Å². The van der Waals surface area contributed by atoms with Crippen molar-refractivity contribution in [3.8, 4) is 17.4 Å². The van der Waals surface area contributed by atoms with E-state index < -0.39 is 0 Å². The fourth-order valence-corrected chi connectivity index (χ4v) is 1.01. The number of benzene rings is 1. The van der Waals surface area contributed by atoms with Gasteiger partial charge in [0.25, 0.3) is 0 Å². The molecule has 0 saturated carbocycles. The Labute approximate surface area is 80.8 Å². The fraction of sp³-hybridized carbons (Fsp3) is 0. The Kier molecular flexibility index (Phi) is 2.27. The lowest BCUT2D eigenvalue weighted by Gasteiger charge is -2.02. The van der Waals surface area contributed by atoms with Crippen LogP contribution in [0.2, 0.25) is 0 Å². The van der Waals surface area contributed by atoms with E-state index in [1.54, 1.807) is 36.5 Å². The van der Waals surface area contributed by atoms with Crippen LogP contribution in [0.1, 0.15) is 0 Å². The van der Waals surface area contributed by atoms with Crippen LogP contribution in [0.25, 0.3) is 0 Å². The van der Waals surface area contributed by atoms with E-state index in [1.165, 1.54) is 6.07 Å². The van der Waals surface area contributed by atoms with Crippen LogP contribution >= 0.6 is 0 Å². The van der Waals surface area contributed by atoms with Crippen molar-refractivity contribution in [2.24, 2.45) is 0 Å². The normalized spacial score (nSPS) is 9.71. The first kappa shape index (κ1) is 8.50. The Morgan fingerprint density at radius 2 is 2.07 bits per heavy atom. The van der Waals surface area contributed by atoms with Crippen LogP contribution in [0.4, 0.5) is 0 Å². The van der Waals surface area contributed by atoms with Crippen LogP contribution in [-0.4, -0.2) is 15.3 Å². The number of aromatic nitrogens is 2. The van der Waals surface area contributed by atoms with Crippen molar-refractivity contribution in [1.82, 2.24) is 10.2 Å². The van der Waals surface area contributed by atoms with E-state index in [4.69, 9.17) is 4.74 Å². The Bertz CT molecular complexity index is 417. The predicted molar refractivity (Wildman–Crippen MR) is 50.2 cm³/mol. The quantitative estimate of drug-likeness (QED) is 0.782. The summed E-state index contributed by atoms with van der Waals surface area (Å²) >= 11 is 0. The molecule has 0 aliphatic heterocycles. The standard InChI is InChI=1S/C10H8N2O2/c13-8-3-1-4-9(7-8)14-10-5-2-6-11-12-10/h1-7,13H. The Balaban J connectivity index is 2.19. The molecule has 0 unspecified atom stereocenters. The third kappa shape index (κ3) is 1.98. The predicted octanol–water partition coefficient (Wildman–Crippen LogP) is 1.97. The number of rotatable bonds is 2. The molecule has 2 rings (SSSR count). The minimum absolute atomic E-state index is 0.159. The maximum Gasteiger partial charge on any atom is 0.238 e. The summed E-state index contributed by atoms with van der Waals surface area (Å²) in [6.07, 6.45) is 1.56. The number of phenolic OH excluding ortho intramolecular Hbond substituents is 1. The van der Waals surface area contributed by atoms with Crippen molar-refractivity contribution in [3.63, 3.8) is 0 Å². The van der Waals surface area contributed by atoms with Crippen molar-refractivity contribution >= 4 is 0 Å². The highest BCUT2D eigenvalue weighted by Crippen LogP contribution is 2.22. The van der Waals surface area contributed by atoms with Gasteiger partial charge in [0.05, 0.1) is 0 Å². The first-order valence-electron chi connectivity index (χ1n) is 4.09. The molecule has 0 radical (unpaired) electrons. The molecule has 4 heteroatoms. The van der Waals surface area contributed by atoms with Crippen molar-refractivity contribution in [2.75, 3.05) is 0 Å². The van der Waals surface area contributed by atoms with Gasteiger partial charge in [-0.15, -0.1) is 5.10 Å². The van der Waals surface area contributed by atoms with Crippen LogP contribution in [0.5, 0.6) is 17.4 Å². The molecule has 1 aromatic carbocycles. The molecule has 0 amide bonds. The van der Waals surface area contributed by atoms with Crippen molar-refractivity contribution in [3.05, 3.63) is 42.6 Å². The molecule has 0 aliphatic rings. The number of aromatic hydroxyl groups is 1. The van der Waals surface area contributed by atoms with Gasteiger partial charge < -0.3 is 9.84 Å². The third-order valence-corrected chi connectivity index (χ3v) is 1.59. The van der Waals surface area contributed by atoms with Gasteiger partial charge in [-0.3, -0.25) is 0 Å². The highest BCUT2D eigenvalue weighted by Gasteiger charge is 1.98. The molecular weight excluding hydrogens is 180 g/mol. The molecule has 1 aromatic heterocycles. The Hall–Kier alpha value is -2.10.